The summed E-state index contributed by atoms with van der Waals surface area (Å²) in [5.41, 5.74) is 3.66. The summed E-state index contributed by atoms with van der Waals surface area (Å²) in [6.07, 6.45) is 0.0948. The summed E-state index contributed by atoms with van der Waals surface area (Å²) in [5, 5.41) is 11.3. The maximum Gasteiger partial charge on any atom is 0.281 e. The molecule has 1 rings (SSSR count). The van der Waals surface area contributed by atoms with Crippen LogP contribution in [0.5, 0.6) is 0 Å². The van der Waals surface area contributed by atoms with Crippen LogP contribution in [-0.4, -0.2) is 50.1 Å². The van der Waals surface area contributed by atoms with Gasteiger partial charge < -0.3 is 5.32 Å². The van der Waals surface area contributed by atoms with E-state index in [0.717, 1.165) is 25.3 Å². The minimum atomic E-state index is -3.77. The highest BCUT2D eigenvalue weighted by Crippen LogP contribution is 2.21. The monoisotopic (exact) mass is 352 g/mol. The summed E-state index contributed by atoms with van der Waals surface area (Å²) >= 11 is 0. The Labute approximate surface area is 144 Å². The number of aryl methyl sites for hydroxylation is 3. The predicted octanol–water partition coefficient (Wildman–Crippen LogP) is 1.57. The second-order valence-electron chi connectivity index (χ2n) is 5.82. The molecular weight excluding hydrogens is 328 g/mol. The van der Waals surface area contributed by atoms with E-state index in [9.17, 15) is 13.2 Å². The summed E-state index contributed by atoms with van der Waals surface area (Å²) < 4.78 is 26.6. The first-order valence-electron chi connectivity index (χ1n) is 7.51. The lowest BCUT2D eigenvalue weighted by atomic mass is 10.1. The molecule has 132 valence electrons. The van der Waals surface area contributed by atoms with Crippen LogP contribution in [0.1, 0.15) is 23.1 Å². The molecule has 0 aliphatic rings. The zero-order valence-corrected chi connectivity index (χ0v) is 15.6. The molecule has 0 bridgehead atoms. The normalized spacial score (nSPS) is 11.6. The van der Waals surface area contributed by atoms with Crippen molar-refractivity contribution in [2.75, 3.05) is 32.5 Å². The molecule has 0 unspecified atom stereocenters. The molecule has 24 heavy (non-hydrogen) atoms. The molecule has 0 fully saturated rings. The van der Waals surface area contributed by atoms with Crippen molar-refractivity contribution in [1.82, 2.24) is 8.61 Å². The molecule has 7 nitrogen and oxygen atoms in total. The van der Waals surface area contributed by atoms with E-state index in [-0.39, 0.29) is 19.5 Å². The number of nitrogens with zero attached hydrogens (tertiary/aromatic N) is 3. The molecule has 0 aromatic heterocycles. The first-order chi connectivity index (χ1) is 11.1. The first kappa shape index (κ1) is 20.1. The van der Waals surface area contributed by atoms with E-state index in [2.05, 4.69) is 5.32 Å². The number of carbonyl (C=O) groups excluding carboxylic acids is 1. The average Bonchev–Trinajstić information content (AvgIpc) is 2.48. The van der Waals surface area contributed by atoms with Gasteiger partial charge in [0.05, 0.1) is 12.6 Å². The smallest absolute Gasteiger partial charge is 0.281 e. The molecule has 1 N–H and O–H groups in total. The number of nitrogens with one attached hydrogen (secondary N) is 1. The number of amides is 1. The summed E-state index contributed by atoms with van der Waals surface area (Å²) in [5.74, 6) is -0.412. The second-order valence-corrected chi connectivity index (χ2v) is 7.96. The van der Waals surface area contributed by atoms with Crippen LogP contribution in [0.25, 0.3) is 0 Å². The highest BCUT2D eigenvalue weighted by Gasteiger charge is 2.25. The molecule has 0 spiro atoms. The van der Waals surface area contributed by atoms with Crippen LogP contribution in [0, 0.1) is 32.1 Å². The fraction of sp³-hybridized carbons (Fsp3) is 0.500. The van der Waals surface area contributed by atoms with Crippen molar-refractivity contribution in [3.05, 3.63) is 28.8 Å². The van der Waals surface area contributed by atoms with Crippen LogP contribution in [0.3, 0.4) is 0 Å². The van der Waals surface area contributed by atoms with Gasteiger partial charge in [-0.3, -0.25) is 4.79 Å². The molecular formula is C16H24N4O3S. The summed E-state index contributed by atoms with van der Waals surface area (Å²) in [6.45, 7) is 5.55. The fourth-order valence-electron chi connectivity index (χ4n) is 2.40. The van der Waals surface area contributed by atoms with Gasteiger partial charge in [-0.25, -0.2) is 0 Å². The van der Waals surface area contributed by atoms with Gasteiger partial charge in [0.2, 0.25) is 5.91 Å². The third kappa shape index (κ3) is 5.03. The van der Waals surface area contributed by atoms with Gasteiger partial charge in [-0.2, -0.15) is 22.3 Å². The van der Waals surface area contributed by atoms with E-state index in [1.54, 1.807) is 0 Å². The van der Waals surface area contributed by atoms with E-state index < -0.39 is 16.1 Å². The van der Waals surface area contributed by atoms with Gasteiger partial charge >= 0.3 is 0 Å². The maximum atomic E-state index is 12.3. The van der Waals surface area contributed by atoms with Crippen molar-refractivity contribution in [1.29, 1.82) is 5.26 Å². The van der Waals surface area contributed by atoms with E-state index in [0.29, 0.717) is 5.69 Å². The Morgan fingerprint density at radius 1 is 1.17 bits per heavy atom. The van der Waals surface area contributed by atoms with Crippen molar-refractivity contribution >= 4 is 21.8 Å². The van der Waals surface area contributed by atoms with E-state index in [1.165, 1.54) is 14.1 Å². The van der Waals surface area contributed by atoms with Crippen LogP contribution >= 0.6 is 0 Å². The molecule has 0 heterocycles. The number of carbonyl (C=O) groups is 1. The van der Waals surface area contributed by atoms with Crippen LogP contribution in [0.2, 0.25) is 0 Å². The Morgan fingerprint density at radius 3 is 2.21 bits per heavy atom. The lowest BCUT2D eigenvalue weighted by Gasteiger charge is -2.23. The Hall–Kier alpha value is -1.95. The number of rotatable bonds is 7. The summed E-state index contributed by atoms with van der Waals surface area (Å²) in [6, 6.07) is 5.81. The van der Waals surface area contributed by atoms with Gasteiger partial charge in [0, 0.05) is 32.7 Å². The summed E-state index contributed by atoms with van der Waals surface area (Å²) in [4.78, 5) is 12.2. The number of nitriles is 1. The number of benzene rings is 1. The van der Waals surface area contributed by atoms with Crippen molar-refractivity contribution < 1.29 is 13.2 Å². The number of hydrogen-bond acceptors (Lipinski definition) is 4. The molecule has 0 radical (unpaired) electrons. The molecule has 8 heteroatoms. The third-order valence-electron chi connectivity index (χ3n) is 3.63. The first-order valence-corrected chi connectivity index (χ1v) is 8.91. The lowest BCUT2D eigenvalue weighted by molar-refractivity contribution is -0.116. The molecule has 1 aromatic carbocycles. The van der Waals surface area contributed by atoms with Crippen LogP contribution < -0.4 is 5.32 Å². The SMILES string of the molecule is Cc1cc(C)c(NC(=O)CN(C)S(=O)(=O)N(C)CCC#N)c(C)c1. The van der Waals surface area contributed by atoms with Gasteiger partial charge in [0.15, 0.2) is 0 Å². The molecule has 0 saturated carbocycles. The van der Waals surface area contributed by atoms with Crippen LogP contribution in [-0.2, 0) is 15.0 Å². The second kappa shape index (κ2) is 8.24. The lowest BCUT2D eigenvalue weighted by Crippen LogP contribution is -2.43. The number of likely N-dealkylation sites (N-methyl/N-ethyl adjacent to an activating group) is 1. The topological polar surface area (TPSA) is 93.5 Å². The Kier molecular flexibility index (Phi) is 6.90. The minimum Gasteiger partial charge on any atom is -0.324 e. The van der Waals surface area contributed by atoms with Gasteiger partial charge in [0.25, 0.3) is 10.2 Å². The molecule has 1 amide bonds. The van der Waals surface area contributed by atoms with E-state index in [4.69, 9.17) is 5.26 Å². The number of hydrogen-bond donors (Lipinski definition) is 1. The predicted molar refractivity (Wildman–Crippen MR) is 93.7 cm³/mol. The van der Waals surface area contributed by atoms with Gasteiger partial charge in [-0.1, -0.05) is 17.7 Å². The van der Waals surface area contributed by atoms with Crippen LogP contribution in [0.15, 0.2) is 12.1 Å². The Bertz CT molecular complexity index is 730. The zero-order valence-electron chi connectivity index (χ0n) is 14.8. The quantitative estimate of drug-likeness (QED) is 0.806. The average molecular weight is 352 g/mol. The van der Waals surface area contributed by atoms with Crippen molar-refractivity contribution in [2.24, 2.45) is 0 Å². The standard InChI is InChI=1S/C16H24N4O3S/c1-12-9-13(2)16(14(3)10-12)18-15(21)11-20(5)24(22,23)19(4)8-6-7-17/h9-10H,6,8,11H2,1-5H3,(H,18,21). The molecule has 0 aliphatic heterocycles. The fourth-order valence-corrected chi connectivity index (χ4v) is 3.48. The van der Waals surface area contributed by atoms with Crippen molar-refractivity contribution in [3.63, 3.8) is 0 Å². The van der Waals surface area contributed by atoms with Gasteiger partial charge in [-0.05, 0) is 31.9 Å². The van der Waals surface area contributed by atoms with Gasteiger partial charge in [-0.15, -0.1) is 0 Å². The molecule has 0 saturated heterocycles. The largest absolute Gasteiger partial charge is 0.324 e. The van der Waals surface area contributed by atoms with E-state index >= 15 is 0 Å². The highest BCUT2D eigenvalue weighted by atomic mass is 32.2. The summed E-state index contributed by atoms with van der Waals surface area (Å²) in [7, 11) is -1.05. The Morgan fingerprint density at radius 2 is 1.71 bits per heavy atom. The third-order valence-corrected chi connectivity index (χ3v) is 5.52. The van der Waals surface area contributed by atoms with E-state index in [1.807, 2.05) is 39.0 Å². The molecule has 0 aliphatic carbocycles. The van der Waals surface area contributed by atoms with Gasteiger partial charge in [0.1, 0.15) is 0 Å². The highest BCUT2D eigenvalue weighted by molar-refractivity contribution is 7.86. The Balaban J connectivity index is 2.80. The maximum absolute atomic E-state index is 12.3. The molecule has 1 aromatic rings. The van der Waals surface area contributed by atoms with Crippen molar-refractivity contribution in [3.8, 4) is 6.07 Å². The minimum absolute atomic E-state index is 0.0843. The number of anilines is 1. The molecule has 0 atom stereocenters. The zero-order chi connectivity index (χ0) is 18.5. The van der Waals surface area contributed by atoms with Crippen molar-refractivity contribution in [2.45, 2.75) is 27.2 Å². The van der Waals surface area contributed by atoms with Crippen LogP contribution in [0.4, 0.5) is 5.69 Å².